The highest BCUT2D eigenvalue weighted by atomic mass is 32.1. The summed E-state index contributed by atoms with van der Waals surface area (Å²) in [5.74, 6) is 0. The van der Waals surface area contributed by atoms with E-state index in [4.69, 9.17) is 4.52 Å². The van der Waals surface area contributed by atoms with Gasteiger partial charge in [0.05, 0.1) is 10.9 Å². The normalized spacial score (nSPS) is 8.00. The van der Waals surface area contributed by atoms with Gasteiger partial charge in [-0.2, -0.15) is 4.37 Å². The smallest absolute Gasteiger partial charge is 0.166 e. The number of hydrogen-bond donors (Lipinski definition) is 0. The minimum Gasteiger partial charge on any atom is -0.356 e. The summed E-state index contributed by atoms with van der Waals surface area (Å²) >= 11 is 1.54. The van der Waals surface area contributed by atoms with Gasteiger partial charge in [0.1, 0.15) is 0 Å². The van der Waals surface area contributed by atoms with Crippen LogP contribution in [0.3, 0.4) is 0 Å². The van der Waals surface area contributed by atoms with Crippen LogP contribution in [0.2, 0.25) is 0 Å². The van der Waals surface area contributed by atoms with Crippen LogP contribution in [-0.4, -0.2) is 9.53 Å². The van der Waals surface area contributed by atoms with Gasteiger partial charge in [-0.25, -0.2) is 0 Å². The molecule has 4 aromatic rings. The Morgan fingerprint density at radius 1 is 0.654 bits per heavy atom. The lowest BCUT2D eigenvalue weighted by Gasteiger charge is -1.80. The van der Waals surface area contributed by atoms with Crippen LogP contribution in [0.4, 0.5) is 0 Å². The van der Waals surface area contributed by atoms with E-state index in [2.05, 4.69) is 21.7 Å². The van der Waals surface area contributed by atoms with Crippen molar-refractivity contribution in [1.82, 2.24) is 9.53 Å². The molecule has 0 aliphatic heterocycles. The summed E-state index contributed by atoms with van der Waals surface area (Å²) in [4.78, 5) is 0. The number of para-hydroxylation sites is 1. The predicted molar refractivity (Wildman–Crippen MR) is 119 cm³/mol. The van der Waals surface area contributed by atoms with Gasteiger partial charge in [0, 0.05) is 17.0 Å². The van der Waals surface area contributed by atoms with E-state index in [0.29, 0.717) is 0 Å². The van der Waals surface area contributed by atoms with Crippen LogP contribution in [0.25, 0.3) is 21.1 Å². The van der Waals surface area contributed by atoms with Crippen LogP contribution in [-0.2, 0) is 0 Å². The predicted octanol–water partition coefficient (Wildman–Crippen LogP) is 8.23. The number of hydrogen-bond acceptors (Lipinski definition) is 4. The van der Waals surface area contributed by atoms with E-state index in [-0.39, 0.29) is 0 Å². The maximum Gasteiger partial charge on any atom is 0.166 e. The van der Waals surface area contributed by atoms with Crippen LogP contribution >= 0.6 is 11.5 Å². The lowest BCUT2D eigenvalue weighted by molar-refractivity contribution is 0.456. The van der Waals surface area contributed by atoms with E-state index in [1.165, 1.54) is 21.6 Å². The summed E-state index contributed by atoms with van der Waals surface area (Å²) in [5, 5.41) is 5.92. The van der Waals surface area contributed by atoms with Crippen molar-refractivity contribution < 1.29 is 4.52 Å². The van der Waals surface area contributed by atoms with Gasteiger partial charge in [-0.3, -0.25) is 0 Å². The van der Waals surface area contributed by atoms with E-state index in [1.54, 1.807) is 6.20 Å². The summed E-state index contributed by atoms with van der Waals surface area (Å²) in [7, 11) is 0. The lowest BCUT2D eigenvalue weighted by atomic mass is 10.3. The van der Waals surface area contributed by atoms with Gasteiger partial charge in [-0.05, 0) is 29.7 Å². The molecule has 0 amide bonds. The molecule has 0 saturated heterocycles. The third-order valence-electron chi connectivity index (χ3n) is 2.52. The zero-order valence-corrected chi connectivity index (χ0v) is 18.3. The molecular weight excluding hydrogens is 340 g/mol. The van der Waals surface area contributed by atoms with Crippen molar-refractivity contribution in [3.05, 3.63) is 60.9 Å². The molecule has 144 valence electrons. The first kappa shape index (κ1) is 26.0. The van der Waals surface area contributed by atoms with Crippen molar-refractivity contribution in [2.45, 2.75) is 55.4 Å². The fourth-order valence-corrected chi connectivity index (χ4v) is 2.27. The zero-order valence-electron chi connectivity index (χ0n) is 17.5. The number of fused-ring (bicyclic) bond motifs is 2. The second kappa shape index (κ2) is 19.1. The van der Waals surface area contributed by atoms with Gasteiger partial charge in [-0.1, -0.05) is 90.9 Å². The van der Waals surface area contributed by atoms with Gasteiger partial charge in [0.25, 0.3) is 0 Å². The zero-order chi connectivity index (χ0) is 20.2. The summed E-state index contributed by atoms with van der Waals surface area (Å²) in [5.41, 5.74) is 0.845. The minimum atomic E-state index is 0.845. The van der Waals surface area contributed by atoms with E-state index in [0.717, 1.165) is 11.0 Å². The molecule has 2 aromatic heterocycles. The lowest BCUT2D eigenvalue weighted by Crippen LogP contribution is -1.57. The number of rotatable bonds is 0. The Morgan fingerprint density at radius 3 is 1.77 bits per heavy atom. The van der Waals surface area contributed by atoms with Crippen molar-refractivity contribution in [3.63, 3.8) is 0 Å². The Balaban J connectivity index is 0. The molecular formula is C22H34N2OS. The molecule has 0 atom stereocenters. The molecule has 2 aromatic carbocycles. The maximum absolute atomic E-state index is 4.87. The van der Waals surface area contributed by atoms with Gasteiger partial charge in [0.15, 0.2) is 5.58 Å². The highest BCUT2D eigenvalue weighted by Crippen LogP contribution is 2.15. The molecule has 4 rings (SSSR count). The van der Waals surface area contributed by atoms with E-state index in [9.17, 15) is 0 Å². The molecule has 4 heteroatoms. The molecule has 0 radical (unpaired) electrons. The molecule has 0 unspecified atom stereocenters. The van der Waals surface area contributed by atoms with Crippen LogP contribution in [0.5, 0.6) is 0 Å². The SMILES string of the molecule is CC.CC.CC.CC.c1ccc2oncc2c1.c1ccc2sncc2c1. The Labute approximate surface area is 163 Å². The second-order valence-corrected chi connectivity index (χ2v) is 4.56. The molecule has 0 aliphatic rings. The monoisotopic (exact) mass is 374 g/mol. The van der Waals surface area contributed by atoms with Crippen molar-refractivity contribution in [1.29, 1.82) is 0 Å². The quantitative estimate of drug-likeness (QED) is 0.311. The Bertz CT molecular complexity index is 636. The third kappa shape index (κ3) is 9.33. The molecule has 0 saturated carbocycles. The first-order chi connectivity index (χ1) is 12.9. The fraction of sp³-hybridized carbons (Fsp3) is 0.364. The average molecular weight is 375 g/mol. The summed E-state index contributed by atoms with van der Waals surface area (Å²) in [6.07, 6.45) is 3.59. The maximum atomic E-state index is 4.87. The van der Waals surface area contributed by atoms with Crippen LogP contribution in [0, 0.1) is 0 Å². The molecule has 0 N–H and O–H groups in total. The average Bonchev–Trinajstić information content (AvgIpc) is 3.44. The van der Waals surface area contributed by atoms with Gasteiger partial charge in [0.2, 0.25) is 0 Å². The standard InChI is InChI=1S/C7H5NO.C7H5NS.4C2H6/c2*1-2-4-7-6(3-1)5-8-9-7;4*1-2/h2*1-5H;4*1-2H3. The minimum absolute atomic E-state index is 0.845. The highest BCUT2D eigenvalue weighted by Gasteiger charge is 1.91. The molecule has 0 aliphatic carbocycles. The second-order valence-electron chi connectivity index (χ2n) is 3.73. The first-order valence-corrected chi connectivity index (χ1v) is 10.3. The summed E-state index contributed by atoms with van der Waals surface area (Å²) in [6, 6.07) is 15.9. The third-order valence-corrected chi connectivity index (χ3v) is 3.30. The number of nitrogens with zero attached hydrogens (tertiary/aromatic N) is 2. The first-order valence-electron chi connectivity index (χ1n) is 9.52. The summed E-state index contributed by atoms with van der Waals surface area (Å²) in [6.45, 7) is 16.0. The van der Waals surface area contributed by atoms with Gasteiger partial charge < -0.3 is 4.52 Å². The Morgan fingerprint density at radius 2 is 1.19 bits per heavy atom. The Hall–Kier alpha value is -2.20. The fourth-order valence-electron chi connectivity index (χ4n) is 1.62. The van der Waals surface area contributed by atoms with E-state index in [1.807, 2.05) is 98.0 Å². The number of aromatic nitrogens is 2. The van der Waals surface area contributed by atoms with Crippen molar-refractivity contribution in [2.75, 3.05) is 0 Å². The van der Waals surface area contributed by atoms with Crippen molar-refractivity contribution in [2.24, 2.45) is 0 Å². The van der Waals surface area contributed by atoms with Gasteiger partial charge >= 0.3 is 0 Å². The molecule has 3 nitrogen and oxygen atoms in total. The summed E-state index contributed by atoms with van der Waals surface area (Å²) < 4.78 is 10.2. The highest BCUT2D eigenvalue weighted by molar-refractivity contribution is 7.13. The number of benzene rings is 2. The van der Waals surface area contributed by atoms with Crippen LogP contribution in [0.1, 0.15) is 55.4 Å². The molecule has 2 heterocycles. The van der Waals surface area contributed by atoms with Gasteiger partial charge in [-0.15, -0.1) is 0 Å². The topological polar surface area (TPSA) is 38.9 Å². The van der Waals surface area contributed by atoms with E-state index >= 15 is 0 Å². The van der Waals surface area contributed by atoms with E-state index < -0.39 is 0 Å². The molecule has 0 spiro atoms. The van der Waals surface area contributed by atoms with Crippen LogP contribution < -0.4 is 0 Å². The molecule has 0 bridgehead atoms. The van der Waals surface area contributed by atoms with Crippen molar-refractivity contribution in [3.8, 4) is 0 Å². The molecule has 26 heavy (non-hydrogen) atoms. The Kier molecular flexibility index (Phi) is 19.2. The largest absolute Gasteiger partial charge is 0.356 e. The van der Waals surface area contributed by atoms with Crippen molar-refractivity contribution >= 4 is 32.6 Å². The molecule has 0 fully saturated rings. The van der Waals surface area contributed by atoms with Crippen LogP contribution in [0.15, 0.2) is 65.4 Å².